The third-order valence-corrected chi connectivity index (χ3v) is 3.24. The minimum atomic E-state index is 0.273. The Morgan fingerprint density at radius 2 is 2.19 bits per heavy atom. The van der Waals surface area contributed by atoms with Gasteiger partial charge in [0.05, 0.1) is 19.3 Å². The summed E-state index contributed by atoms with van der Waals surface area (Å²) in [5.41, 5.74) is 1.95. The lowest BCUT2D eigenvalue weighted by atomic mass is 10.2. The third kappa shape index (κ3) is 2.00. The summed E-state index contributed by atoms with van der Waals surface area (Å²) in [4.78, 5) is 13.3. The van der Waals surface area contributed by atoms with Crippen LogP contribution >= 0.6 is 11.6 Å². The number of rotatable bonds is 2. The topological polar surface area (TPSA) is 29.5 Å². The van der Waals surface area contributed by atoms with Gasteiger partial charge in [-0.2, -0.15) is 0 Å². The predicted molar refractivity (Wildman–Crippen MR) is 64.6 cm³/mol. The Morgan fingerprint density at radius 1 is 1.44 bits per heavy atom. The van der Waals surface area contributed by atoms with Gasteiger partial charge in [-0.05, 0) is 18.6 Å². The molecule has 1 fully saturated rings. The number of carbonyl (C=O) groups is 1. The van der Waals surface area contributed by atoms with Crippen molar-refractivity contribution >= 4 is 23.1 Å². The highest BCUT2D eigenvalue weighted by Gasteiger charge is 2.22. The summed E-state index contributed by atoms with van der Waals surface area (Å²) in [7, 11) is 1.61. The Labute approximate surface area is 100.0 Å². The second-order valence-electron chi connectivity index (χ2n) is 3.98. The van der Waals surface area contributed by atoms with Gasteiger partial charge in [-0.15, -0.1) is 0 Å². The number of aryl methyl sites for hydroxylation is 1. The van der Waals surface area contributed by atoms with Crippen molar-refractivity contribution in [1.29, 1.82) is 0 Å². The molecule has 0 bridgehead atoms. The van der Waals surface area contributed by atoms with E-state index < -0.39 is 0 Å². The molecule has 2 rings (SSSR count). The molecular weight excluding hydrogens is 226 g/mol. The standard InChI is InChI=1S/C12H14ClNO2/c1-8-5-11(12(16-2)6-10(8)13)14-4-3-9(15)7-14/h5-6H,3-4,7H2,1-2H3. The number of Topliss-reactive ketones (excluding diaryl/α,β-unsaturated/α-hetero) is 1. The molecule has 4 heteroatoms. The van der Waals surface area contributed by atoms with Crippen LogP contribution in [0.4, 0.5) is 5.69 Å². The number of hydrogen-bond donors (Lipinski definition) is 0. The van der Waals surface area contributed by atoms with Gasteiger partial charge in [-0.25, -0.2) is 0 Å². The van der Waals surface area contributed by atoms with Gasteiger partial charge < -0.3 is 9.64 Å². The zero-order valence-corrected chi connectivity index (χ0v) is 10.2. The lowest BCUT2D eigenvalue weighted by Gasteiger charge is -2.20. The van der Waals surface area contributed by atoms with Crippen LogP contribution in [0.25, 0.3) is 0 Å². The fourth-order valence-electron chi connectivity index (χ4n) is 1.89. The molecule has 0 amide bonds. The van der Waals surface area contributed by atoms with E-state index in [0.717, 1.165) is 23.5 Å². The van der Waals surface area contributed by atoms with E-state index in [1.165, 1.54) is 0 Å². The zero-order chi connectivity index (χ0) is 11.7. The lowest BCUT2D eigenvalue weighted by molar-refractivity contribution is -0.116. The number of halogens is 1. The van der Waals surface area contributed by atoms with E-state index >= 15 is 0 Å². The summed E-state index contributed by atoms with van der Waals surface area (Å²) in [6.45, 7) is 3.18. The van der Waals surface area contributed by atoms with Crippen molar-refractivity contribution in [1.82, 2.24) is 0 Å². The Morgan fingerprint density at radius 3 is 2.75 bits per heavy atom. The van der Waals surface area contributed by atoms with E-state index in [-0.39, 0.29) is 5.78 Å². The molecular formula is C12H14ClNO2. The van der Waals surface area contributed by atoms with Gasteiger partial charge in [0.2, 0.25) is 0 Å². The maximum Gasteiger partial charge on any atom is 0.153 e. The molecule has 1 heterocycles. The molecule has 1 aromatic rings. The molecule has 1 aromatic carbocycles. The van der Waals surface area contributed by atoms with Crippen molar-refractivity contribution in [3.8, 4) is 5.75 Å². The summed E-state index contributed by atoms with van der Waals surface area (Å²) >= 11 is 6.03. The molecule has 1 aliphatic heterocycles. The predicted octanol–water partition coefficient (Wildman–Crippen LogP) is 2.44. The monoisotopic (exact) mass is 239 g/mol. The molecule has 0 radical (unpaired) electrons. The molecule has 0 aromatic heterocycles. The van der Waals surface area contributed by atoms with Gasteiger partial charge in [-0.1, -0.05) is 11.6 Å². The van der Waals surface area contributed by atoms with Gasteiger partial charge >= 0.3 is 0 Å². The number of methoxy groups -OCH3 is 1. The minimum absolute atomic E-state index is 0.273. The van der Waals surface area contributed by atoms with E-state index in [9.17, 15) is 4.79 Å². The van der Waals surface area contributed by atoms with Crippen LogP contribution in [0.2, 0.25) is 5.02 Å². The third-order valence-electron chi connectivity index (χ3n) is 2.83. The molecule has 1 saturated heterocycles. The Hall–Kier alpha value is -1.22. The molecule has 0 unspecified atom stereocenters. The number of ketones is 1. The van der Waals surface area contributed by atoms with Gasteiger partial charge in [0.15, 0.2) is 5.78 Å². The molecule has 1 aliphatic rings. The largest absolute Gasteiger partial charge is 0.495 e. The molecule has 0 atom stereocenters. The molecule has 0 spiro atoms. The van der Waals surface area contributed by atoms with E-state index in [4.69, 9.17) is 16.3 Å². The first-order valence-corrected chi connectivity index (χ1v) is 5.60. The van der Waals surface area contributed by atoms with Crippen LogP contribution in [0.15, 0.2) is 12.1 Å². The quantitative estimate of drug-likeness (QED) is 0.794. The van der Waals surface area contributed by atoms with Gasteiger partial charge in [0, 0.05) is 24.1 Å². The molecule has 0 saturated carbocycles. The first-order chi connectivity index (χ1) is 7.61. The van der Waals surface area contributed by atoms with Crippen LogP contribution in [0.5, 0.6) is 5.75 Å². The van der Waals surface area contributed by atoms with Gasteiger partial charge in [0.25, 0.3) is 0 Å². The van der Waals surface area contributed by atoms with Gasteiger partial charge in [-0.3, -0.25) is 4.79 Å². The number of ether oxygens (including phenoxy) is 1. The van der Waals surface area contributed by atoms with Crippen LogP contribution in [0, 0.1) is 6.92 Å². The number of hydrogen-bond acceptors (Lipinski definition) is 3. The summed E-state index contributed by atoms with van der Waals surface area (Å²) in [5, 5.41) is 0.686. The number of anilines is 1. The van der Waals surface area contributed by atoms with Crippen molar-refractivity contribution < 1.29 is 9.53 Å². The first-order valence-electron chi connectivity index (χ1n) is 5.22. The Kier molecular flexibility index (Phi) is 3.06. The second-order valence-corrected chi connectivity index (χ2v) is 4.39. The number of carbonyl (C=O) groups excluding carboxylic acids is 1. The summed E-state index contributed by atoms with van der Waals surface area (Å²) in [5.74, 6) is 1.000. The van der Waals surface area contributed by atoms with E-state index in [1.807, 2.05) is 17.9 Å². The molecule has 16 heavy (non-hydrogen) atoms. The van der Waals surface area contributed by atoms with Crippen LogP contribution in [0.1, 0.15) is 12.0 Å². The molecule has 0 aliphatic carbocycles. The van der Waals surface area contributed by atoms with Crippen LogP contribution in [-0.4, -0.2) is 26.0 Å². The van der Waals surface area contributed by atoms with E-state index in [0.29, 0.717) is 18.0 Å². The second kappa shape index (κ2) is 4.34. The van der Waals surface area contributed by atoms with Crippen LogP contribution in [0.3, 0.4) is 0 Å². The normalized spacial score (nSPS) is 15.7. The van der Waals surface area contributed by atoms with Crippen LogP contribution in [-0.2, 0) is 4.79 Å². The van der Waals surface area contributed by atoms with E-state index in [1.54, 1.807) is 13.2 Å². The number of nitrogens with zero attached hydrogens (tertiary/aromatic N) is 1. The Balaban J connectivity index is 2.39. The van der Waals surface area contributed by atoms with Crippen molar-refractivity contribution in [2.24, 2.45) is 0 Å². The number of benzene rings is 1. The van der Waals surface area contributed by atoms with Gasteiger partial charge in [0.1, 0.15) is 5.75 Å². The fraction of sp³-hybridized carbons (Fsp3) is 0.417. The molecule has 3 nitrogen and oxygen atoms in total. The summed E-state index contributed by atoms with van der Waals surface area (Å²) in [6, 6.07) is 3.77. The van der Waals surface area contributed by atoms with E-state index in [2.05, 4.69) is 0 Å². The molecule has 86 valence electrons. The highest BCUT2D eigenvalue weighted by atomic mass is 35.5. The highest BCUT2D eigenvalue weighted by Crippen LogP contribution is 2.34. The zero-order valence-electron chi connectivity index (χ0n) is 9.42. The average Bonchev–Trinajstić information content (AvgIpc) is 2.68. The Bertz CT molecular complexity index is 431. The summed E-state index contributed by atoms with van der Waals surface area (Å²) in [6.07, 6.45) is 0.616. The van der Waals surface area contributed by atoms with Crippen molar-refractivity contribution in [3.05, 3.63) is 22.7 Å². The highest BCUT2D eigenvalue weighted by molar-refractivity contribution is 6.31. The van der Waals surface area contributed by atoms with Crippen LogP contribution < -0.4 is 9.64 Å². The first kappa shape index (κ1) is 11.3. The SMILES string of the molecule is COc1cc(Cl)c(C)cc1N1CCC(=O)C1. The summed E-state index contributed by atoms with van der Waals surface area (Å²) < 4.78 is 5.29. The van der Waals surface area contributed by atoms with Crippen molar-refractivity contribution in [3.63, 3.8) is 0 Å². The minimum Gasteiger partial charge on any atom is -0.495 e. The van der Waals surface area contributed by atoms with Crippen molar-refractivity contribution in [2.75, 3.05) is 25.1 Å². The molecule has 0 N–H and O–H groups in total. The maximum atomic E-state index is 11.3. The smallest absolute Gasteiger partial charge is 0.153 e. The van der Waals surface area contributed by atoms with Crippen molar-refractivity contribution in [2.45, 2.75) is 13.3 Å². The fourth-order valence-corrected chi connectivity index (χ4v) is 2.05. The maximum absolute atomic E-state index is 11.3. The average molecular weight is 240 g/mol. The lowest BCUT2D eigenvalue weighted by Crippen LogP contribution is -2.20.